The number of methoxy groups -OCH3 is 1. The highest BCUT2D eigenvalue weighted by atomic mass is 32.2. The fourth-order valence-corrected chi connectivity index (χ4v) is 4.08. The predicted octanol–water partition coefficient (Wildman–Crippen LogP) is 1.30. The number of hydrogen-bond donors (Lipinski definition) is 1. The lowest BCUT2D eigenvalue weighted by Gasteiger charge is -2.28. The number of rotatable bonds is 8. The van der Waals surface area contributed by atoms with Gasteiger partial charge >= 0.3 is 0 Å². The molecule has 0 saturated carbocycles. The third kappa shape index (κ3) is 5.55. The van der Waals surface area contributed by atoms with Gasteiger partial charge in [0.2, 0.25) is 15.9 Å². The molecule has 0 aliphatic carbocycles. The van der Waals surface area contributed by atoms with Crippen molar-refractivity contribution < 1.29 is 22.6 Å². The highest BCUT2D eigenvalue weighted by Crippen LogP contribution is 2.21. The number of aromatic nitrogens is 2. The SMILES string of the molecule is COc1ccc(S(=O)(=O)NCCOc2cc(N3CCOCC3)nc(C)n2)cc1C. The van der Waals surface area contributed by atoms with Crippen LogP contribution in [0, 0.1) is 13.8 Å². The Morgan fingerprint density at radius 2 is 1.93 bits per heavy atom. The van der Waals surface area contributed by atoms with Gasteiger partial charge in [-0.1, -0.05) is 0 Å². The fourth-order valence-electron chi connectivity index (χ4n) is 2.99. The molecular formula is C19H26N4O5S. The summed E-state index contributed by atoms with van der Waals surface area (Å²) in [4.78, 5) is 11.0. The van der Waals surface area contributed by atoms with Gasteiger partial charge in [0.05, 0.1) is 25.2 Å². The Morgan fingerprint density at radius 1 is 1.17 bits per heavy atom. The Hall–Kier alpha value is -2.43. The molecule has 2 aromatic rings. The van der Waals surface area contributed by atoms with Gasteiger partial charge in [-0.25, -0.2) is 18.1 Å². The Labute approximate surface area is 171 Å². The maximum Gasteiger partial charge on any atom is 0.240 e. The summed E-state index contributed by atoms with van der Waals surface area (Å²) in [5.74, 6) is 2.43. The minimum atomic E-state index is -3.64. The van der Waals surface area contributed by atoms with Crippen LogP contribution in [0.2, 0.25) is 0 Å². The minimum Gasteiger partial charge on any atom is -0.496 e. The first-order valence-corrected chi connectivity index (χ1v) is 10.8. The first-order chi connectivity index (χ1) is 13.9. The van der Waals surface area contributed by atoms with E-state index >= 15 is 0 Å². The van der Waals surface area contributed by atoms with Crippen molar-refractivity contribution in [2.75, 3.05) is 51.5 Å². The van der Waals surface area contributed by atoms with E-state index in [1.54, 1.807) is 39.2 Å². The number of aryl methyl sites for hydroxylation is 2. The lowest BCUT2D eigenvalue weighted by atomic mass is 10.2. The largest absolute Gasteiger partial charge is 0.496 e. The van der Waals surface area contributed by atoms with Gasteiger partial charge in [-0.2, -0.15) is 4.98 Å². The second-order valence-electron chi connectivity index (χ2n) is 6.59. The van der Waals surface area contributed by atoms with Crippen LogP contribution in [-0.2, 0) is 14.8 Å². The zero-order chi connectivity index (χ0) is 20.9. The average Bonchev–Trinajstić information content (AvgIpc) is 2.71. The summed E-state index contributed by atoms with van der Waals surface area (Å²) in [5.41, 5.74) is 0.749. The van der Waals surface area contributed by atoms with E-state index in [0.717, 1.165) is 24.5 Å². The molecule has 0 bridgehead atoms. The van der Waals surface area contributed by atoms with Crippen LogP contribution in [-0.4, -0.2) is 65.0 Å². The van der Waals surface area contributed by atoms with Gasteiger partial charge in [-0.05, 0) is 37.6 Å². The molecule has 0 unspecified atom stereocenters. The van der Waals surface area contributed by atoms with E-state index in [1.807, 2.05) is 0 Å². The summed E-state index contributed by atoms with van der Waals surface area (Å²) in [6.45, 7) is 6.69. The van der Waals surface area contributed by atoms with Crippen LogP contribution >= 0.6 is 0 Å². The molecule has 29 heavy (non-hydrogen) atoms. The van der Waals surface area contributed by atoms with Gasteiger partial charge < -0.3 is 19.1 Å². The lowest BCUT2D eigenvalue weighted by molar-refractivity contribution is 0.122. The molecule has 0 spiro atoms. The molecule has 3 rings (SSSR count). The molecule has 1 aromatic heterocycles. The van der Waals surface area contributed by atoms with Crippen LogP contribution in [0.3, 0.4) is 0 Å². The number of morpholine rings is 1. The highest BCUT2D eigenvalue weighted by molar-refractivity contribution is 7.89. The van der Waals surface area contributed by atoms with E-state index in [2.05, 4.69) is 19.6 Å². The van der Waals surface area contributed by atoms with Gasteiger partial charge in [-0.15, -0.1) is 0 Å². The van der Waals surface area contributed by atoms with E-state index in [1.165, 1.54) is 6.07 Å². The third-order valence-electron chi connectivity index (χ3n) is 4.46. The van der Waals surface area contributed by atoms with Gasteiger partial charge in [0, 0.05) is 25.7 Å². The molecule has 0 amide bonds. The molecular weight excluding hydrogens is 396 g/mol. The number of benzene rings is 1. The van der Waals surface area contributed by atoms with E-state index < -0.39 is 10.0 Å². The van der Waals surface area contributed by atoms with Gasteiger partial charge in [0.15, 0.2) is 0 Å². The van der Waals surface area contributed by atoms with Gasteiger partial charge in [0.25, 0.3) is 0 Å². The molecule has 10 heteroatoms. The van der Waals surface area contributed by atoms with Crippen molar-refractivity contribution in [1.29, 1.82) is 0 Å². The van der Waals surface area contributed by atoms with E-state index in [0.29, 0.717) is 30.7 Å². The maximum absolute atomic E-state index is 12.5. The van der Waals surface area contributed by atoms with Crippen molar-refractivity contribution in [2.45, 2.75) is 18.7 Å². The van der Waals surface area contributed by atoms with Crippen molar-refractivity contribution in [2.24, 2.45) is 0 Å². The molecule has 1 aromatic carbocycles. The zero-order valence-corrected chi connectivity index (χ0v) is 17.7. The van der Waals surface area contributed by atoms with Crippen molar-refractivity contribution in [3.05, 3.63) is 35.7 Å². The number of hydrogen-bond acceptors (Lipinski definition) is 8. The average molecular weight is 423 g/mol. The van der Waals surface area contributed by atoms with E-state index in [4.69, 9.17) is 14.2 Å². The number of sulfonamides is 1. The normalized spacial score (nSPS) is 14.7. The third-order valence-corrected chi connectivity index (χ3v) is 5.92. The van der Waals surface area contributed by atoms with Crippen LogP contribution < -0.4 is 19.1 Å². The number of nitrogens with zero attached hydrogens (tertiary/aromatic N) is 3. The quantitative estimate of drug-likeness (QED) is 0.635. The topological polar surface area (TPSA) is 103 Å². The van der Waals surface area contributed by atoms with Gasteiger partial charge in [-0.3, -0.25) is 0 Å². The zero-order valence-electron chi connectivity index (χ0n) is 16.8. The predicted molar refractivity (Wildman–Crippen MR) is 108 cm³/mol. The highest BCUT2D eigenvalue weighted by Gasteiger charge is 2.16. The summed E-state index contributed by atoms with van der Waals surface area (Å²) < 4.78 is 43.6. The molecule has 1 aliphatic rings. The summed E-state index contributed by atoms with van der Waals surface area (Å²) in [6.07, 6.45) is 0. The van der Waals surface area contributed by atoms with Crippen molar-refractivity contribution in [3.63, 3.8) is 0 Å². The van der Waals surface area contributed by atoms with E-state index in [-0.39, 0.29) is 18.0 Å². The van der Waals surface area contributed by atoms with Gasteiger partial charge in [0.1, 0.15) is 24.0 Å². The Morgan fingerprint density at radius 3 is 2.62 bits per heavy atom. The lowest BCUT2D eigenvalue weighted by Crippen LogP contribution is -2.37. The number of anilines is 1. The maximum atomic E-state index is 12.5. The van der Waals surface area contributed by atoms with Crippen LogP contribution in [0.4, 0.5) is 5.82 Å². The molecule has 0 radical (unpaired) electrons. The van der Waals surface area contributed by atoms with Crippen LogP contribution in [0.15, 0.2) is 29.2 Å². The van der Waals surface area contributed by atoms with Crippen LogP contribution in [0.5, 0.6) is 11.6 Å². The molecule has 2 heterocycles. The van der Waals surface area contributed by atoms with Crippen LogP contribution in [0.1, 0.15) is 11.4 Å². The smallest absolute Gasteiger partial charge is 0.240 e. The minimum absolute atomic E-state index is 0.114. The van der Waals surface area contributed by atoms with E-state index in [9.17, 15) is 8.42 Å². The van der Waals surface area contributed by atoms with Crippen molar-refractivity contribution in [3.8, 4) is 11.6 Å². The first-order valence-electron chi connectivity index (χ1n) is 9.34. The standard InChI is InChI=1S/C19H26N4O5S/c1-14-12-16(4-5-17(14)26-3)29(24,25)20-6-9-28-19-13-18(21-15(2)22-19)23-7-10-27-11-8-23/h4-5,12-13,20H,6-11H2,1-3H3. The molecule has 158 valence electrons. The van der Waals surface area contributed by atoms with Crippen molar-refractivity contribution in [1.82, 2.24) is 14.7 Å². The van der Waals surface area contributed by atoms with Crippen molar-refractivity contribution >= 4 is 15.8 Å². The summed E-state index contributed by atoms with van der Waals surface area (Å²) in [5, 5.41) is 0. The molecule has 1 N–H and O–H groups in total. The Bertz CT molecular complexity index is 946. The molecule has 0 atom stereocenters. The summed E-state index contributed by atoms with van der Waals surface area (Å²) >= 11 is 0. The molecule has 9 nitrogen and oxygen atoms in total. The summed E-state index contributed by atoms with van der Waals surface area (Å²) in [6, 6.07) is 6.48. The number of ether oxygens (including phenoxy) is 3. The second-order valence-corrected chi connectivity index (χ2v) is 8.36. The molecule has 1 aliphatic heterocycles. The Balaban J connectivity index is 1.57. The molecule has 1 fully saturated rings. The fraction of sp³-hybridized carbons (Fsp3) is 0.474. The number of nitrogens with one attached hydrogen (secondary N) is 1. The van der Waals surface area contributed by atoms with Crippen LogP contribution in [0.25, 0.3) is 0 Å². The summed E-state index contributed by atoms with van der Waals surface area (Å²) in [7, 11) is -2.09. The first kappa shape index (κ1) is 21.3. The Kier molecular flexibility index (Phi) is 6.88. The molecule has 1 saturated heterocycles. The monoisotopic (exact) mass is 422 g/mol. The second kappa shape index (κ2) is 9.38.